The van der Waals surface area contributed by atoms with Crippen molar-refractivity contribution in [2.24, 2.45) is 0 Å². The van der Waals surface area contributed by atoms with Gasteiger partial charge in [0.05, 0.1) is 17.7 Å². The lowest BCUT2D eigenvalue weighted by Gasteiger charge is -2.33. The molecule has 8 nitrogen and oxygen atoms in total. The molecule has 0 heterocycles. The zero-order chi connectivity index (χ0) is 30.2. The highest BCUT2D eigenvalue weighted by molar-refractivity contribution is 7.92. The molecular weight excluding hydrogens is 562 g/mol. The van der Waals surface area contributed by atoms with Crippen LogP contribution in [-0.4, -0.2) is 50.9 Å². The molecule has 3 aromatic rings. The Bertz CT molecular complexity index is 1430. The maximum atomic E-state index is 14.1. The molecule has 0 aliphatic heterocycles. The van der Waals surface area contributed by atoms with Crippen LogP contribution in [-0.2, 0) is 26.2 Å². The van der Waals surface area contributed by atoms with E-state index in [9.17, 15) is 18.0 Å². The van der Waals surface area contributed by atoms with Crippen molar-refractivity contribution in [1.29, 1.82) is 0 Å². The number of methoxy groups -OCH3 is 1. The van der Waals surface area contributed by atoms with Gasteiger partial charge in [-0.1, -0.05) is 61.8 Å². The predicted octanol–water partition coefficient (Wildman–Crippen LogP) is 5.57. The number of aryl methyl sites for hydroxylation is 1. The monoisotopic (exact) mass is 599 g/mol. The van der Waals surface area contributed by atoms with Gasteiger partial charge in [-0.15, -0.1) is 0 Å². The van der Waals surface area contributed by atoms with Gasteiger partial charge in [-0.05, 0) is 74.2 Å². The Morgan fingerprint density at radius 3 is 2.20 bits per heavy atom. The van der Waals surface area contributed by atoms with Gasteiger partial charge in [0.2, 0.25) is 11.8 Å². The van der Waals surface area contributed by atoms with Crippen LogP contribution in [0, 0.1) is 6.92 Å². The predicted molar refractivity (Wildman–Crippen MR) is 163 cm³/mol. The Morgan fingerprint density at radius 2 is 1.63 bits per heavy atom. The van der Waals surface area contributed by atoms with Gasteiger partial charge >= 0.3 is 0 Å². The molecule has 10 heteroatoms. The second-order valence-electron chi connectivity index (χ2n) is 9.87. The maximum Gasteiger partial charge on any atom is 0.264 e. The van der Waals surface area contributed by atoms with Crippen molar-refractivity contribution in [3.05, 3.63) is 88.9 Å². The van der Waals surface area contributed by atoms with Gasteiger partial charge in [-0.3, -0.25) is 13.9 Å². The zero-order valence-electron chi connectivity index (χ0n) is 24.1. The Morgan fingerprint density at radius 1 is 0.976 bits per heavy atom. The van der Waals surface area contributed by atoms with Crippen molar-refractivity contribution in [2.45, 2.75) is 64.1 Å². The van der Waals surface area contributed by atoms with Crippen molar-refractivity contribution in [3.8, 4) is 5.75 Å². The molecule has 3 rings (SSSR count). The fourth-order valence-corrected chi connectivity index (χ4v) is 5.88. The van der Waals surface area contributed by atoms with Gasteiger partial charge in [0, 0.05) is 17.6 Å². The van der Waals surface area contributed by atoms with Gasteiger partial charge in [-0.2, -0.15) is 0 Å². The van der Waals surface area contributed by atoms with Crippen LogP contribution in [0.1, 0.15) is 44.7 Å². The molecule has 1 N–H and O–H groups in total. The molecule has 0 bridgehead atoms. The van der Waals surface area contributed by atoms with Gasteiger partial charge in [0.25, 0.3) is 10.0 Å². The lowest BCUT2D eigenvalue weighted by molar-refractivity contribution is -0.140. The molecule has 0 unspecified atom stereocenters. The highest BCUT2D eigenvalue weighted by Gasteiger charge is 2.34. The molecule has 0 fully saturated rings. The van der Waals surface area contributed by atoms with E-state index < -0.39 is 28.5 Å². The summed E-state index contributed by atoms with van der Waals surface area (Å²) < 4.78 is 34.1. The normalized spacial score (nSPS) is 12.7. The van der Waals surface area contributed by atoms with E-state index in [0.717, 1.165) is 21.9 Å². The van der Waals surface area contributed by atoms with E-state index in [1.165, 1.54) is 23.1 Å². The number of carbonyl (C=O) groups excluding carboxylic acids is 2. The minimum atomic E-state index is -4.16. The minimum absolute atomic E-state index is 0.0350. The number of ether oxygens (including phenoxy) is 1. The molecular formula is C31H38ClN3O5S. The highest BCUT2D eigenvalue weighted by atomic mass is 35.5. The van der Waals surface area contributed by atoms with E-state index in [2.05, 4.69) is 5.32 Å². The number of sulfonamides is 1. The van der Waals surface area contributed by atoms with Crippen molar-refractivity contribution >= 4 is 39.1 Å². The first-order chi connectivity index (χ1) is 19.5. The van der Waals surface area contributed by atoms with E-state index in [4.69, 9.17) is 16.3 Å². The van der Waals surface area contributed by atoms with Crippen molar-refractivity contribution < 1.29 is 22.7 Å². The van der Waals surface area contributed by atoms with E-state index in [1.54, 1.807) is 49.6 Å². The molecule has 0 aliphatic carbocycles. The number of nitrogens with one attached hydrogen (secondary N) is 1. The lowest BCUT2D eigenvalue weighted by atomic mass is 10.1. The number of benzene rings is 3. The van der Waals surface area contributed by atoms with Crippen molar-refractivity contribution in [3.63, 3.8) is 0 Å². The Kier molecular flexibility index (Phi) is 11.2. The molecule has 0 saturated heterocycles. The maximum absolute atomic E-state index is 14.1. The fourth-order valence-electron chi connectivity index (χ4n) is 4.27. The summed E-state index contributed by atoms with van der Waals surface area (Å²) in [5.74, 6) is -0.160. The number of rotatable bonds is 13. The second-order valence-corrected chi connectivity index (χ2v) is 12.1. The van der Waals surface area contributed by atoms with Crippen LogP contribution in [0.2, 0.25) is 5.02 Å². The van der Waals surface area contributed by atoms with E-state index >= 15 is 0 Å². The number of hydrogen-bond acceptors (Lipinski definition) is 5. The number of anilines is 1. The summed E-state index contributed by atoms with van der Waals surface area (Å²) in [6, 6.07) is 19.1. The third kappa shape index (κ3) is 8.01. The Labute approximate surface area is 248 Å². The molecule has 2 atom stereocenters. The van der Waals surface area contributed by atoms with Crippen molar-refractivity contribution in [1.82, 2.24) is 10.2 Å². The quantitative estimate of drug-likeness (QED) is 0.277. The van der Waals surface area contributed by atoms with Crippen LogP contribution in [0.25, 0.3) is 0 Å². The summed E-state index contributed by atoms with van der Waals surface area (Å²) in [6.07, 6.45) is 1.07. The summed E-state index contributed by atoms with van der Waals surface area (Å²) in [4.78, 5) is 29.0. The van der Waals surface area contributed by atoms with Gasteiger partial charge in [-0.25, -0.2) is 8.42 Å². The van der Waals surface area contributed by atoms with E-state index in [1.807, 2.05) is 39.8 Å². The first-order valence-electron chi connectivity index (χ1n) is 13.6. The van der Waals surface area contributed by atoms with Crippen LogP contribution >= 0.6 is 11.6 Å². The fraction of sp³-hybridized carbons (Fsp3) is 0.355. The minimum Gasteiger partial charge on any atom is -0.497 e. The second kappa shape index (κ2) is 14.4. The van der Waals surface area contributed by atoms with Gasteiger partial charge < -0.3 is 15.0 Å². The van der Waals surface area contributed by atoms with Gasteiger partial charge in [0.15, 0.2) is 0 Å². The molecule has 2 amide bonds. The Hall–Kier alpha value is -3.56. The summed E-state index contributed by atoms with van der Waals surface area (Å²) >= 11 is 6.38. The topological polar surface area (TPSA) is 96.0 Å². The number of amides is 2. The summed E-state index contributed by atoms with van der Waals surface area (Å²) in [5, 5.41) is 3.35. The third-order valence-electron chi connectivity index (χ3n) is 6.95. The third-order valence-corrected chi connectivity index (χ3v) is 9.15. The Balaban J connectivity index is 2.06. The number of hydrogen-bond donors (Lipinski definition) is 1. The first kappa shape index (κ1) is 32.0. The molecule has 0 radical (unpaired) electrons. The molecule has 41 heavy (non-hydrogen) atoms. The highest BCUT2D eigenvalue weighted by Crippen LogP contribution is 2.29. The molecule has 0 aliphatic rings. The first-order valence-corrected chi connectivity index (χ1v) is 15.4. The molecule has 220 valence electrons. The summed E-state index contributed by atoms with van der Waals surface area (Å²) in [6.45, 7) is 7.07. The standard InChI is InChI=1S/C31H38ClN3O5S/c1-6-23(4)33-31(37)29(7-2)34(20-24-14-17-26(40-5)18-15-24)30(36)21-35(25-16-13-22(3)28(32)19-25)41(38,39)27-11-9-8-10-12-27/h8-19,23,29H,6-7,20-21H2,1-5H3,(H,33,37)/t23-,29-/m1/s1. The molecule has 0 saturated carbocycles. The van der Waals surface area contributed by atoms with Gasteiger partial charge in [0.1, 0.15) is 18.3 Å². The molecule has 0 aromatic heterocycles. The van der Waals surface area contributed by atoms with E-state index in [-0.39, 0.29) is 29.1 Å². The van der Waals surface area contributed by atoms with Crippen LogP contribution in [0.15, 0.2) is 77.7 Å². The number of carbonyl (C=O) groups is 2. The van der Waals surface area contributed by atoms with Crippen LogP contribution in [0.3, 0.4) is 0 Å². The van der Waals surface area contributed by atoms with Crippen molar-refractivity contribution in [2.75, 3.05) is 18.0 Å². The SMILES string of the molecule is CC[C@@H](C)NC(=O)[C@@H](CC)N(Cc1ccc(OC)cc1)C(=O)CN(c1ccc(C)c(Cl)c1)S(=O)(=O)c1ccccc1. The molecule has 0 spiro atoms. The average Bonchev–Trinajstić information content (AvgIpc) is 2.97. The lowest BCUT2D eigenvalue weighted by Crippen LogP contribution is -2.53. The van der Waals surface area contributed by atoms with E-state index in [0.29, 0.717) is 17.2 Å². The number of halogens is 1. The smallest absolute Gasteiger partial charge is 0.264 e. The molecule has 3 aromatic carbocycles. The summed E-state index contributed by atoms with van der Waals surface area (Å²) in [5.41, 5.74) is 1.79. The van der Waals surface area contributed by atoms with Crippen LogP contribution < -0.4 is 14.4 Å². The van der Waals surface area contributed by atoms with Crippen LogP contribution in [0.5, 0.6) is 5.75 Å². The average molecular weight is 600 g/mol. The largest absolute Gasteiger partial charge is 0.497 e. The number of nitrogens with zero attached hydrogens (tertiary/aromatic N) is 2. The van der Waals surface area contributed by atoms with Crippen LogP contribution in [0.4, 0.5) is 5.69 Å². The zero-order valence-corrected chi connectivity index (χ0v) is 25.7. The summed E-state index contributed by atoms with van der Waals surface area (Å²) in [7, 11) is -2.59.